The number of hydrogen-bond acceptors (Lipinski definition) is 2. The molecule has 0 radical (unpaired) electrons. The van der Waals surface area contributed by atoms with Crippen LogP contribution in [0.5, 0.6) is 0 Å². The number of carbonyl (C=O) groups is 1. The van der Waals surface area contributed by atoms with Crippen LogP contribution >= 0.6 is 27.7 Å². The molecule has 76 valence electrons. The number of benzene rings is 1. The van der Waals surface area contributed by atoms with Gasteiger partial charge in [-0.25, -0.2) is 0 Å². The Morgan fingerprint density at radius 3 is 2.50 bits per heavy atom. The van der Waals surface area contributed by atoms with Crippen LogP contribution in [0.3, 0.4) is 0 Å². The third kappa shape index (κ3) is 3.46. The number of halogens is 1. The number of thioether (sulfide) groups is 1. The van der Waals surface area contributed by atoms with Crippen molar-refractivity contribution < 1.29 is 4.79 Å². The van der Waals surface area contributed by atoms with Crippen LogP contribution in [0, 0.1) is 0 Å². The SMILES string of the molecule is CCC(=O)C(C)Sc1ccc(Br)cc1. The highest BCUT2D eigenvalue weighted by Gasteiger charge is 2.11. The van der Waals surface area contributed by atoms with Gasteiger partial charge in [-0.2, -0.15) is 0 Å². The van der Waals surface area contributed by atoms with Crippen molar-refractivity contribution in [1.82, 2.24) is 0 Å². The molecule has 0 amide bonds. The molecule has 0 fully saturated rings. The number of Topliss-reactive ketones (excluding diaryl/α,β-unsaturated/α-hetero) is 1. The Bertz CT molecular complexity index is 308. The molecule has 0 N–H and O–H groups in total. The van der Waals surface area contributed by atoms with Crippen molar-refractivity contribution in [2.45, 2.75) is 30.4 Å². The Labute approximate surface area is 97.4 Å². The van der Waals surface area contributed by atoms with E-state index in [1.165, 1.54) is 0 Å². The van der Waals surface area contributed by atoms with Crippen LogP contribution in [-0.4, -0.2) is 11.0 Å². The fraction of sp³-hybridized carbons (Fsp3) is 0.364. The summed E-state index contributed by atoms with van der Waals surface area (Å²) in [5.41, 5.74) is 0. The first-order valence-corrected chi connectivity index (χ1v) is 6.25. The maximum absolute atomic E-state index is 11.4. The van der Waals surface area contributed by atoms with Crippen LogP contribution in [0.25, 0.3) is 0 Å². The summed E-state index contributed by atoms with van der Waals surface area (Å²) in [6.45, 7) is 3.86. The molecule has 1 aromatic rings. The van der Waals surface area contributed by atoms with Crippen LogP contribution in [0.15, 0.2) is 33.6 Å². The van der Waals surface area contributed by atoms with Gasteiger partial charge in [0.05, 0.1) is 5.25 Å². The molecule has 0 aromatic heterocycles. The van der Waals surface area contributed by atoms with Crippen LogP contribution < -0.4 is 0 Å². The second-order valence-electron chi connectivity index (χ2n) is 3.03. The van der Waals surface area contributed by atoms with Gasteiger partial charge in [-0.15, -0.1) is 11.8 Å². The van der Waals surface area contributed by atoms with Gasteiger partial charge in [0.1, 0.15) is 5.78 Å². The lowest BCUT2D eigenvalue weighted by atomic mass is 10.2. The van der Waals surface area contributed by atoms with Crippen molar-refractivity contribution >= 4 is 33.5 Å². The Balaban J connectivity index is 2.60. The first-order chi connectivity index (χ1) is 6.63. The molecular formula is C11H13BrOS. The molecule has 0 aliphatic heterocycles. The summed E-state index contributed by atoms with van der Waals surface area (Å²) in [5, 5.41) is 0.0566. The highest BCUT2D eigenvalue weighted by molar-refractivity contribution is 9.10. The maximum atomic E-state index is 11.4. The van der Waals surface area contributed by atoms with Crippen molar-refractivity contribution in [3.05, 3.63) is 28.7 Å². The number of hydrogen-bond donors (Lipinski definition) is 0. The molecule has 14 heavy (non-hydrogen) atoms. The summed E-state index contributed by atoms with van der Waals surface area (Å²) >= 11 is 4.99. The predicted octanol–water partition coefficient (Wildman–Crippen LogP) is 3.91. The zero-order valence-electron chi connectivity index (χ0n) is 8.29. The third-order valence-corrected chi connectivity index (χ3v) is 3.62. The molecule has 1 atom stereocenters. The molecule has 0 aliphatic rings. The van der Waals surface area contributed by atoms with Gasteiger partial charge in [0.25, 0.3) is 0 Å². The van der Waals surface area contributed by atoms with Crippen molar-refractivity contribution in [2.75, 3.05) is 0 Å². The smallest absolute Gasteiger partial charge is 0.145 e. The molecule has 1 aromatic carbocycles. The van der Waals surface area contributed by atoms with E-state index in [1.54, 1.807) is 11.8 Å². The molecule has 1 unspecified atom stereocenters. The highest BCUT2D eigenvalue weighted by Crippen LogP contribution is 2.25. The maximum Gasteiger partial charge on any atom is 0.145 e. The normalized spacial score (nSPS) is 12.5. The standard InChI is InChI=1S/C11H13BrOS/c1-3-11(13)8(2)14-10-6-4-9(12)5-7-10/h4-8H,3H2,1-2H3. The molecule has 1 nitrogen and oxygen atoms in total. The summed E-state index contributed by atoms with van der Waals surface area (Å²) in [4.78, 5) is 12.5. The summed E-state index contributed by atoms with van der Waals surface area (Å²) in [6.07, 6.45) is 0.616. The fourth-order valence-electron chi connectivity index (χ4n) is 1.07. The first-order valence-electron chi connectivity index (χ1n) is 4.58. The largest absolute Gasteiger partial charge is 0.298 e. The molecule has 0 aliphatic carbocycles. The second kappa shape index (κ2) is 5.56. The van der Waals surface area contributed by atoms with Crippen LogP contribution in [0.4, 0.5) is 0 Å². The first kappa shape index (κ1) is 11.8. The van der Waals surface area contributed by atoms with E-state index < -0.39 is 0 Å². The molecule has 0 saturated carbocycles. The molecule has 0 bridgehead atoms. The summed E-state index contributed by atoms with van der Waals surface area (Å²) < 4.78 is 1.07. The Hall–Kier alpha value is -0.280. The van der Waals surface area contributed by atoms with Crippen LogP contribution in [-0.2, 0) is 4.79 Å². The zero-order chi connectivity index (χ0) is 10.6. The minimum atomic E-state index is 0.0566. The Morgan fingerprint density at radius 2 is 2.00 bits per heavy atom. The van der Waals surface area contributed by atoms with Gasteiger partial charge >= 0.3 is 0 Å². The van der Waals surface area contributed by atoms with Crippen molar-refractivity contribution in [3.8, 4) is 0 Å². The lowest BCUT2D eigenvalue weighted by Crippen LogP contribution is -2.10. The van der Waals surface area contributed by atoms with E-state index in [4.69, 9.17) is 0 Å². The van der Waals surface area contributed by atoms with E-state index in [0.29, 0.717) is 12.2 Å². The molecule has 3 heteroatoms. The molecular weight excluding hydrogens is 260 g/mol. The van der Waals surface area contributed by atoms with Gasteiger partial charge in [-0.05, 0) is 31.2 Å². The van der Waals surface area contributed by atoms with Crippen molar-refractivity contribution in [2.24, 2.45) is 0 Å². The summed E-state index contributed by atoms with van der Waals surface area (Å²) in [6, 6.07) is 8.03. The lowest BCUT2D eigenvalue weighted by molar-refractivity contribution is -0.117. The van der Waals surface area contributed by atoms with E-state index in [-0.39, 0.29) is 5.25 Å². The molecule has 0 saturated heterocycles. The summed E-state index contributed by atoms with van der Waals surface area (Å²) in [5.74, 6) is 0.304. The number of rotatable bonds is 4. The van der Waals surface area contributed by atoms with E-state index in [1.807, 2.05) is 38.1 Å². The van der Waals surface area contributed by atoms with Gasteiger partial charge in [0.15, 0.2) is 0 Å². The van der Waals surface area contributed by atoms with Crippen LogP contribution in [0.2, 0.25) is 0 Å². The van der Waals surface area contributed by atoms with Gasteiger partial charge in [-0.3, -0.25) is 4.79 Å². The fourth-order valence-corrected chi connectivity index (χ4v) is 2.33. The number of carbonyl (C=O) groups excluding carboxylic acids is 1. The van der Waals surface area contributed by atoms with Gasteiger partial charge in [-0.1, -0.05) is 22.9 Å². The monoisotopic (exact) mass is 272 g/mol. The zero-order valence-corrected chi connectivity index (χ0v) is 10.7. The predicted molar refractivity (Wildman–Crippen MR) is 64.8 cm³/mol. The Morgan fingerprint density at radius 1 is 1.43 bits per heavy atom. The van der Waals surface area contributed by atoms with Gasteiger partial charge < -0.3 is 0 Å². The van der Waals surface area contributed by atoms with Gasteiger partial charge in [0.2, 0.25) is 0 Å². The summed E-state index contributed by atoms with van der Waals surface area (Å²) in [7, 11) is 0. The van der Waals surface area contributed by atoms with E-state index >= 15 is 0 Å². The topological polar surface area (TPSA) is 17.1 Å². The van der Waals surface area contributed by atoms with E-state index in [0.717, 1.165) is 9.37 Å². The van der Waals surface area contributed by atoms with Crippen molar-refractivity contribution in [1.29, 1.82) is 0 Å². The molecule has 0 spiro atoms. The average Bonchev–Trinajstić information content (AvgIpc) is 2.20. The van der Waals surface area contributed by atoms with E-state index in [2.05, 4.69) is 15.9 Å². The minimum Gasteiger partial charge on any atom is -0.298 e. The third-order valence-electron chi connectivity index (χ3n) is 1.93. The Kier molecular flexibility index (Phi) is 4.69. The van der Waals surface area contributed by atoms with E-state index in [9.17, 15) is 4.79 Å². The van der Waals surface area contributed by atoms with Gasteiger partial charge in [0, 0.05) is 15.8 Å². The average molecular weight is 273 g/mol. The number of ketones is 1. The quantitative estimate of drug-likeness (QED) is 0.774. The molecule has 1 rings (SSSR count). The van der Waals surface area contributed by atoms with Crippen LogP contribution in [0.1, 0.15) is 20.3 Å². The minimum absolute atomic E-state index is 0.0566. The second-order valence-corrected chi connectivity index (χ2v) is 5.36. The highest BCUT2D eigenvalue weighted by atomic mass is 79.9. The lowest BCUT2D eigenvalue weighted by Gasteiger charge is -2.08. The molecule has 0 heterocycles. The van der Waals surface area contributed by atoms with Crippen molar-refractivity contribution in [3.63, 3.8) is 0 Å².